The van der Waals surface area contributed by atoms with Gasteiger partial charge in [0.15, 0.2) is 0 Å². The van der Waals surface area contributed by atoms with E-state index in [0.29, 0.717) is 11.3 Å². The number of carbonyl (C=O) groups is 2. The Labute approximate surface area is 102 Å². The molecule has 1 aromatic heterocycles. The van der Waals surface area contributed by atoms with Gasteiger partial charge in [-0.1, -0.05) is 6.07 Å². The van der Waals surface area contributed by atoms with E-state index in [1.165, 1.54) is 12.4 Å². The molecule has 0 atom stereocenters. The summed E-state index contributed by atoms with van der Waals surface area (Å²) in [5.41, 5.74) is 1.16. The van der Waals surface area contributed by atoms with E-state index in [1.807, 2.05) is 0 Å². The van der Waals surface area contributed by atoms with E-state index >= 15 is 0 Å². The predicted molar refractivity (Wildman–Crippen MR) is 62.5 cm³/mol. The molecule has 2 aromatic rings. The molecular formula is C11H10N4O3. The van der Waals surface area contributed by atoms with E-state index in [2.05, 4.69) is 20.5 Å². The van der Waals surface area contributed by atoms with Gasteiger partial charge in [0.05, 0.1) is 5.56 Å². The molecule has 0 spiro atoms. The zero-order chi connectivity index (χ0) is 13.1. The maximum atomic E-state index is 11.6. The molecule has 1 heterocycles. The lowest BCUT2D eigenvalue weighted by Crippen LogP contribution is -2.14. The van der Waals surface area contributed by atoms with Crippen LogP contribution in [0.2, 0.25) is 0 Å². The summed E-state index contributed by atoms with van der Waals surface area (Å²) in [5.74, 6) is -1.46. The Kier molecular flexibility index (Phi) is 3.05. The second kappa shape index (κ2) is 4.66. The predicted octanol–water partition coefficient (Wildman–Crippen LogP) is 1.06. The number of anilines is 1. The van der Waals surface area contributed by atoms with Gasteiger partial charge in [-0.2, -0.15) is 5.10 Å². The number of H-pyrrole nitrogens is 1. The van der Waals surface area contributed by atoms with Crippen molar-refractivity contribution in [2.24, 2.45) is 0 Å². The molecule has 0 aliphatic heterocycles. The first-order chi connectivity index (χ1) is 8.58. The van der Waals surface area contributed by atoms with E-state index in [4.69, 9.17) is 5.11 Å². The average Bonchev–Trinajstić information content (AvgIpc) is 2.85. The summed E-state index contributed by atoms with van der Waals surface area (Å²) in [6, 6.07) is 4.64. The number of aromatic nitrogens is 3. The average molecular weight is 246 g/mol. The van der Waals surface area contributed by atoms with Crippen LogP contribution in [0.25, 0.3) is 0 Å². The lowest BCUT2D eigenvalue weighted by Gasteiger charge is -2.06. The molecule has 7 heteroatoms. The topological polar surface area (TPSA) is 108 Å². The number of carboxylic acid groups (broad SMARTS) is 1. The van der Waals surface area contributed by atoms with Crippen LogP contribution in [0.1, 0.15) is 26.5 Å². The van der Waals surface area contributed by atoms with Crippen LogP contribution in [-0.2, 0) is 0 Å². The summed E-state index contributed by atoms with van der Waals surface area (Å²) in [4.78, 5) is 26.3. The Hall–Kier alpha value is -2.70. The number of benzene rings is 1. The number of amides is 1. The van der Waals surface area contributed by atoms with Gasteiger partial charge in [0, 0.05) is 5.69 Å². The number of nitrogens with one attached hydrogen (secondary N) is 2. The molecule has 0 aliphatic carbocycles. The minimum absolute atomic E-state index is 0.0625. The first kappa shape index (κ1) is 11.8. The fourth-order valence-electron chi connectivity index (χ4n) is 1.44. The Bertz CT molecular complexity index is 592. The number of rotatable bonds is 3. The Morgan fingerprint density at radius 2 is 2.17 bits per heavy atom. The number of carbonyl (C=O) groups excluding carboxylic acids is 1. The molecule has 0 saturated carbocycles. The second-order valence-electron chi connectivity index (χ2n) is 3.62. The quantitative estimate of drug-likeness (QED) is 0.750. The molecular weight excluding hydrogens is 236 g/mol. The van der Waals surface area contributed by atoms with Crippen LogP contribution in [0, 0.1) is 6.92 Å². The van der Waals surface area contributed by atoms with Crippen molar-refractivity contribution in [1.82, 2.24) is 15.2 Å². The van der Waals surface area contributed by atoms with E-state index in [-0.39, 0.29) is 11.4 Å². The number of hydrogen-bond acceptors (Lipinski definition) is 4. The third-order valence-corrected chi connectivity index (χ3v) is 2.36. The van der Waals surface area contributed by atoms with Gasteiger partial charge >= 0.3 is 5.97 Å². The van der Waals surface area contributed by atoms with Gasteiger partial charge < -0.3 is 10.4 Å². The number of aromatic amines is 1. The molecule has 1 aromatic carbocycles. The SMILES string of the molecule is Cc1ccc(NC(=O)c2ncn[nH]2)cc1C(=O)O. The molecule has 1 amide bonds. The summed E-state index contributed by atoms with van der Waals surface area (Å²) in [5, 5.41) is 17.5. The maximum Gasteiger partial charge on any atom is 0.336 e. The van der Waals surface area contributed by atoms with Gasteiger partial charge in [-0.15, -0.1) is 0 Å². The lowest BCUT2D eigenvalue weighted by atomic mass is 10.1. The lowest BCUT2D eigenvalue weighted by molar-refractivity contribution is 0.0695. The van der Waals surface area contributed by atoms with Gasteiger partial charge in [-0.05, 0) is 24.6 Å². The number of aryl methyl sites for hydroxylation is 1. The molecule has 0 aliphatic rings. The monoisotopic (exact) mass is 246 g/mol. The van der Waals surface area contributed by atoms with Crippen molar-refractivity contribution in [3.63, 3.8) is 0 Å². The molecule has 2 rings (SSSR count). The van der Waals surface area contributed by atoms with Crippen LogP contribution in [0.15, 0.2) is 24.5 Å². The molecule has 0 radical (unpaired) electrons. The summed E-state index contributed by atoms with van der Waals surface area (Å²) >= 11 is 0. The zero-order valence-electron chi connectivity index (χ0n) is 9.47. The van der Waals surface area contributed by atoms with E-state index in [9.17, 15) is 9.59 Å². The van der Waals surface area contributed by atoms with Crippen molar-refractivity contribution in [2.45, 2.75) is 6.92 Å². The molecule has 0 bridgehead atoms. The number of hydrogen-bond donors (Lipinski definition) is 3. The smallest absolute Gasteiger partial charge is 0.336 e. The first-order valence-corrected chi connectivity index (χ1v) is 5.08. The van der Waals surface area contributed by atoms with Crippen LogP contribution in [0.5, 0.6) is 0 Å². The van der Waals surface area contributed by atoms with Crippen LogP contribution < -0.4 is 5.32 Å². The zero-order valence-corrected chi connectivity index (χ0v) is 9.47. The highest BCUT2D eigenvalue weighted by Crippen LogP contribution is 2.15. The van der Waals surface area contributed by atoms with Gasteiger partial charge in [0.25, 0.3) is 5.91 Å². The summed E-state index contributed by atoms with van der Waals surface area (Å²) in [6.07, 6.45) is 1.22. The van der Waals surface area contributed by atoms with Crippen molar-refractivity contribution < 1.29 is 14.7 Å². The highest BCUT2D eigenvalue weighted by Gasteiger charge is 2.12. The van der Waals surface area contributed by atoms with Crippen molar-refractivity contribution in [2.75, 3.05) is 5.32 Å². The highest BCUT2D eigenvalue weighted by atomic mass is 16.4. The van der Waals surface area contributed by atoms with Crippen LogP contribution in [-0.4, -0.2) is 32.2 Å². The summed E-state index contributed by atoms with van der Waals surface area (Å²) in [7, 11) is 0. The number of nitrogens with zero attached hydrogens (tertiary/aromatic N) is 2. The highest BCUT2D eigenvalue weighted by molar-refractivity contribution is 6.02. The molecule has 3 N–H and O–H groups in total. The number of carboxylic acids is 1. The summed E-state index contributed by atoms with van der Waals surface area (Å²) < 4.78 is 0. The van der Waals surface area contributed by atoms with Gasteiger partial charge in [0.2, 0.25) is 5.82 Å². The van der Waals surface area contributed by atoms with Crippen LogP contribution in [0.4, 0.5) is 5.69 Å². The van der Waals surface area contributed by atoms with Crippen LogP contribution in [0.3, 0.4) is 0 Å². The molecule has 7 nitrogen and oxygen atoms in total. The van der Waals surface area contributed by atoms with Gasteiger partial charge in [-0.3, -0.25) is 9.89 Å². The standard InChI is InChI=1S/C11H10N4O3/c1-6-2-3-7(4-8(6)11(17)18)14-10(16)9-12-5-13-15-9/h2-5H,1H3,(H,14,16)(H,17,18)(H,12,13,15). The minimum atomic E-state index is -1.04. The fourth-order valence-corrected chi connectivity index (χ4v) is 1.44. The van der Waals surface area contributed by atoms with Crippen molar-refractivity contribution >= 4 is 17.6 Å². The third-order valence-electron chi connectivity index (χ3n) is 2.36. The minimum Gasteiger partial charge on any atom is -0.478 e. The van der Waals surface area contributed by atoms with Crippen molar-refractivity contribution in [1.29, 1.82) is 0 Å². The molecule has 0 saturated heterocycles. The van der Waals surface area contributed by atoms with Crippen molar-refractivity contribution in [3.8, 4) is 0 Å². The van der Waals surface area contributed by atoms with Gasteiger partial charge in [0.1, 0.15) is 6.33 Å². The van der Waals surface area contributed by atoms with Crippen LogP contribution >= 0.6 is 0 Å². The normalized spacial score (nSPS) is 10.1. The third kappa shape index (κ3) is 2.34. The fraction of sp³-hybridized carbons (Fsp3) is 0.0909. The number of aromatic carboxylic acids is 1. The Morgan fingerprint density at radius 1 is 1.39 bits per heavy atom. The van der Waals surface area contributed by atoms with Gasteiger partial charge in [-0.25, -0.2) is 9.78 Å². The molecule has 18 heavy (non-hydrogen) atoms. The van der Waals surface area contributed by atoms with Crippen molar-refractivity contribution in [3.05, 3.63) is 41.5 Å². The molecule has 0 fully saturated rings. The first-order valence-electron chi connectivity index (χ1n) is 5.08. The maximum absolute atomic E-state index is 11.6. The Morgan fingerprint density at radius 3 is 2.78 bits per heavy atom. The second-order valence-corrected chi connectivity index (χ2v) is 3.62. The molecule has 0 unspecified atom stereocenters. The summed E-state index contributed by atoms with van der Waals surface area (Å²) in [6.45, 7) is 1.69. The largest absolute Gasteiger partial charge is 0.478 e. The Balaban J connectivity index is 2.22. The van der Waals surface area contributed by atoms with E-state index in [1.54, 1.807) is 19.1 Å². The van der Waals surface area contributed by atoms with E-state index < -0.39 is 11.9 Å². The van der Waals surface area contributed by atoms with E-state index in [0.717, 1.165) is 0 Å². The molecule has 92 valence electrons.